The third kappa shape index (κ3) is 8.14. The van der Waals surface area contributed by atoms with Gasteiger partial charge < -0.3 is 9.47 Å². The molecule has 0 aliphatic heterocycles. The Morgan fingerprint density at radius 2 is 0.675 bits per heavy atom. The number of para-hydroxylation sites is 1. The molecule has 0 atom stereocenters. The highest BCUT2D eigenvalue weighted by atomic mass is 15.1. The minimum atomic E-state index is -0.136. The van der Waals surface area contributed by atoms with Crippen LogP contribution in [0.3, 0.4) is 0 Å². The first kappa shape index (κ1) is 45.8. The van der Waals surface area contributed by atoms with Crippen LogP contribution in [0.5, 0.6) is 0 Å². The monoisotopic (exact) mass is 982 g/mol. The average molecular weight is 983 g/mol. The van der Waals surface area contributed by atoms with E-state index in [2.05, 4.69) is 315 Å². The molecule has 0 bridgehead atoms. The first-order chi connectivity index (χ1) is 37.9. The van der Waals surface area contributed by atoms with Crippen LogP contribution in [0.25, 0.3) is 105 Å². The molecule has 77 heavy (non-hydrogen) atoms. The highest BCUT2D eigenvalue weighted by molar-refractivity contribution is 6.11. The molecule has 2 heteroatoms. The highest BCUT2D eigenvalue weighted by Crippen LogP contribution is 2.51. The van der Waals surface area contributed by atoms with Crippen LogP contribution in [0.1, 0.15) is 25.0 Å². The maximum Gasteiger partial charge on any atom is 0.0541 e. The van der Waals surface area contributed by atoms with Gasteiger partial charge in [0.05, 0.1) is 16.7 Å². The van der Waals surface area contributed by atoms with Crippen molar-refractivity contribution in [2.75, 3.05) is 4.90 Å². The van der Waals surface area contributed by atoms with Gasteiger partial charge in [0, 0.05) is 38.8 Å². The zero-order valence-corrected chi connectivity index (χ0v) is 43.1. The molecule has 0 saturated heterocycles. The molecule has 0 fully saturated rings. The van der Waals surface area contributed by atoms with Gasteiger partial charge in [-0.15, -0.1) is 0 Å². The lowest BCUT2D eigenvalue weighted by atomic mass is 9.82. The summed E-state index contributed by atoms with van der Waals surface area (Å²) < 4.78 is 2.41. The molecule has 13 aromatic rings. The van der Waals surface area contributed by atoms with Crippen molar-refractivity contribution >= 4 is 38.9 Å². The molecule has 0 amide bonds. The maximum atomic E-state index is 2.45. The highest BCUT2D eigenvalue weighted by Gasteiger charge is 2.36. The van der Waals surface area contributed by atoms with Crippen LogP contribution in [-0.2, 0) is 5.41 Å². The van der Waals surface area contributed by atoms with Crippen molar-refractivity contribution in [3.8, 4) is 83.6 Å². The molecule has 2 nitrogen and oxygen atoms in total. The number of hydrogen-bond acceptors (Lipinski definition) is 1. The van der Waals surface area contributed by atoms with E-state index in [9.17, 15) is 0 Å². The normalized spacial score (nSPS) is 12.4. The van der Waals surface area contributed by atoms with Crippen LogP contribution >= 0.6 is 0 Å². The topological polar surface area (TPSA) is 8.17 Å². The number of rotatable bonds is 10. The van der Waals surface area contributed by atoms with Gasteiger partial charge in [-0.25, -0.2) is 0 Å². The molecule has 1 aliphatic carbocycles. The van der Waals surface area contributed by atoms with E-state index in [1.165, 1.54) is 111 Å². The van der Waals surface area contributed by atoms with E-state index in [-0.39, 0.29) is 5.41 Å². The Kier molecular flexibility index (Phi) is 11.2. The largest absolute Gasteiger partial charge is 0.310 e. The average Bonchev–Trinajstić information content (AvgIpc) is 4.10. The van der Waals surface area contributed by atoms with Crippen LogP contribution in [-0.4, -0.2) is 4.57 Å². The second-order valence-electron chi connectivity index (χ2n) is 20.9. The summed E-state index contributed by atoms with van der Waals surface area (Å²) >= 11 is 0. The van der Waals surface area contributed by atoms with Gasteiger partial charge in [0.1, 0.15) is 0 Å². The fourth-order valence-corrected chi connectivity index (χ4v) is 12.1. The number of benzene rings is 12. The minimum absolute atomic E-state index is 0.136. The Bertz CT molecular complexity index is 4210. The molecule has 0 saturated carbocycles. The quantitative estimate of drug-likeness (QED) is 0.133. The van der Waals surface area contributed by atoms with E-state index in [4.69, 9.17) is 0 Å². The van der Waals surface area contributed by atoms with E-state index < -0.39 is 0 Å². The van der Waals surface area contributed by atoms with Crippen LogP contribution in [0.2, 0.25) is 0 Å². The third-order valence-corrected chi connectivity index (χ3v) is 16.0. The molecular formula is C75H54N2. The predicted molar refractivity (Wildman–Crippen MR) is 326 cm³/mol. The molecule has 0 unspecified atom stereocenters. The maximum absolute atomic E-state index is 2.45. The van der Waals surface area contributed by atoms with Crippen molar-refractivity contribution in [1.82, 2.24) is 4.57 Å². The lowest BCUT2D eigenvalue weighted by Gasteiger charge is -2.30. The Morgan fingerprint density at radius 1 is 0.273 bits per heavy atom. The number of aromatic nitrogens is 1. The van der Waals surface area contributed by atoms with E-state index in [1.807, 2.05) is 0 Å². The number of hydrogen-bond donors (Lipinski definition) is 0. The molecule has 364 valence electrons. The molecule has 1 heterocycles. The Labute approximate surface area is 451 Å². The molecule has 12 aromatic carbocycles. The van der Waals surface area contributed by atoms with Gasteiger partial charge in [0.25, 0.3) is 0 Å². The van der Waals surface area contributed by atoms with Gasteiger partial charge in [-0.3, -0.25) is 0 Å². The predicted octanol–water partition coefficient (Wildman–Crippen LogP) is 20.6. The van der Waals surface area contributed by atoms with Crippen LogP contribution in [0.15, 0.2) is 291 Å². The Hall–Kier alpha value is -9.76. The summed E-state index contributed by atoms with van der Waals surface area (Å²) in [5.74, 6) is 0. The van der Waals surface area contributed by atoms with Crippen LogP contribution in [0.4, 0.5) is 17.1 Å². The standard InChI is InChI=1S/C75H54N2/c1-75(2)70-27-14-12-26-66(70)67-44-43-64(50-71(67)75)76(72-28-15-13-25-65(72)61-24-16-23-58(47-61)51-17-6-3-7-18-51)62-39-33-56(34-40-62)54-29-31-55(32-30-54)57-35-41-63(42-36-57)77-73-45-37-59(52-19-8-4-9-20-52)48-68(73)69-49-60(38-46-74(69)77)53-21-10-5-11-22-53/h3-50H,1-2H3. The lowest BCUT2D eigenvalue weighted by Crippen LogP contribution is -2.16. The van der Waals surface area contributed by atoms with Crippen molar-refractivity contribution in [2.45, 2.75) is 19.3 Å². The summed E-state index contributed by atoms with van der Waals surface area (Å²) in [5, 5.41) is 2.49. The molecule has 14 rings (SSSR count). The Balaban J connectivity index is 0.792. The van der Waals surface area contributed by atoms with Gasteiger partial charge in [0.2, 0.25) is 0 Å². The molecule has 0 N–H and O–H groups in total. The van der Waals surface area contributed by atoms with E-state index >= 15 is 0 Å². The molecule has 0 spiro atoms. The fraction of sp³-hybridized carbons (Fsp3) is 0.0400. The van der Waals surface area contributed by atoms with Crippen LogP contribution in [0, 0.1) is 0 Å². The van der Waals surface area contributed by atoms with Gasteiger partial charge in [-0.2, -0.15) is 0 Å². The van der Waals surface area contributed by atoms with Gasteiger partial charge in [-0.1, -0.05) is 232 Å². The van der Waals surface area contributed by atoms with Gasteiger partial charge in [-0.05, 0) is 156 Å². The molecular weight excluding hydrogens is 929 g/mol. The number of nitrogens with zero attached hydrogens (tertiary/aromatic N) is 2. The number of anilines is 3. The van der Waals surface area contributed by atoms with Crippen molar-refractivity contribution in [2.24, 2.45) is 0 Å². The Morgan fingerprint density at radius 3 is 1.25 bits per heavy atom. The molecule has 1 aromatic heterocycles. The summed E-state index contributed by atoms with van der Waals surface area (Å²) in [6.45, 7) is 4.72. The van der Waals surface area contributed by atoms with Crippen molar-refractivity contribution in [3.63, 3.8) is 0 Å². The smallest absolute Gasteiger partial charge is 0.0541 e. The first-order valence-electron chi connectivity index (χ1n) is 26.7. The molecule has 1 aliphatic rings. The molecule has 0 radical (unpaired) electrons. The second kappa shape index (κ2) is 18.9. The van der Waals surface area contributed by atoms with E-state index in [1.54, 1.807) is 0 Å². The third-order valence-electron chi connectivity index (χ3n) is 16.0. The van der Waals surface area contributed by atoms with Crippen molar-refractivity contribution in [3.05, 3.63) is 302 Å². The fourth-order valence-electron chi connectivity index (χ4n) is 12.1. The SMILES string of the molecule is CC1(C)c2ccccc2-c2ccc(N(c3ccc(-c4ccc(-c5ccc(-n6c7ccc(-c8ccccc8)cc7c7cc(-c8ccccc8)ccc76)cc5)cc4)cc3)c3ccccc3-c3cccc(-c4ccccc4)c3)cc21. The summed E-state index contributed by atoms with van der Waals surface area (Å²) in [6.07, 6.45) is 0. The van der Waals surface area contributed by atoms with Crippen molar-refractivity contribution < 1.29 is 0 Å². The zero-order valence-electron chi connectivity index (χ0n) is 43.1. The number of fused-ring (bicyclic) bond motifs is 6. The van der Waals surface area contributed by atoms with Crippen LogP contribution < -0.4 is 4.90 Å². The zero-order chi connectivity index (χ0) is 51.5. The first-order valence-corrected chi connectivity index (χ1v) is 26.7. The minimum Gasteiger partial charge on any atom is -0.310 e. The summed E-state index contributed by atoms with van der Waals surface area (Å²) in [5.41, 5.74) is 26.4. The van der Waals surface area contributed by atoms with Gasteiger partial charge >= 0.3 is 0 Å². The van der Waals surface area contributed by atoms with E-state index in [0.717, 1.165) is 22.7 Å². The lowest BCUT2D eigenvalue weighted by molar-refractivity contribution is 0.660. The summed E-state index contributed by atoms with van der Waals surface area (Å²) in [7, 11) is 0. The van der Waals surface area contributed by atoms with Crippen molar-refractivity contribution in [1.29, 1.82) is 0 Å². The van der Waals surface area contributed by atoms with E-state index in [0.29, 0.717) is 0 Å². The second-order valence-corrected chi connectivity index (χ2v) is 20.9. The van der Waals surface area contributed by atoms with Gasteiger partial charge in [0.15, 0.2) is 0 Å². The summed E-state index contributed by atoms with van der Waals surface area (Å²) in [6, 6.07) is 107. The summed E-state index contributed by atoms with van der Waals surface area (Å²) in [4.78, 5) is 2.45.